The Labute approximate surface area is 194 Å². The number of benzene rings is 3. The second-order valence-electron chi connectivity index (χ2n) is 8.65. The van der Waals surface area contributed by atoms with Crippen molar-refractivity contribution in [2.45, 2.75) is 40.7 Å². The minimum Gasteiger partial charge on any atom is -0.491 e. The lowest BCUT2D eigenvalue weighted by atomic mass is 10.0. The minimum atomic E-state index is -0.374. The van der Waals surface area contributed by atoms with Crippen molar-refractivity contribution >= 4 is 28.8 Å². The van der Waals surface area contributed by atoms with Gasteiger partial charge >= 0.3 is 0 Å². The molecule has 0 aromatic heterocycles. The van der Waals surface area contributed by atoms with E-state index in [4.69, 9.17) is 4.74 Å². The first-order chi connectivity index (χ1) is 15.7. The summed E-state index contributed by atoms with van der Waals surface area (Å²) in [5.41, 5.74) is 5.82. The molecule has 0 spiro atoms. The topological polar surface area (TPSA) is 58.6 Å². The van der Waals surface area contributed by atoms with Gasteiger partial charge in [0, 0.05) is 5.69 Å². The Balaban J connectivity index is 1.79. The second-order valence-corrected chi connectivity index (χ2v) is 8.65. The Hall–Kier alpha value is -3.86. The van der Waals surface area contributed by atoms with Gasteiger partial charge in [-0.1, -0.05) is 30.3 Å². The summed E-state index contributed by atoms with van der Waals surface area (Å²) in [4.78, 5) is 28.4. The van der Waals surface area contributed by atoms with Crippen molar-refractivity contribution in [1.29, 1.82) is 0 Å². The van der Waals surface area contributed by atoms with Crippen molar-refractivity contribution in [2.75, 3.05) is 10.2 Å². The molecule has 1 N–H and O–H groups in total. The second kappa shape index (κ2) is 8.94. The Morgan fingerprint density at radius 1 is 0.818 bits per heavy atom. The van der Waals surface area contributed by atoms with E-state index in [-0.39, 0.29) is 23.6 Å². The van der Waals surface area contributed by atoms with Crippen molar-refractivity contribution in [2.24, 2.45) is 0 Å². The molecule has 2 amide bonds. The third-order valence-electron chi connectivity index (χ3n) is 5.63. The zero-order chi connectivity index (χ0) is 23.7. The molecule has 5 nitrogen and oxygen atoms in total. The van der Waals surface area contributed by atoms with Gasteiger partial charge in [0.1, 0.15) is 11.4 Å². The van der Waals surface area contributed by atoms with Crippen LogP contribution in [0.3, 0.4) is 0 Å². The van der Waals surface area contributed by atoms with E-state index in [0.29, 0.717) is 22.6 Å². The highest BCUT2D eigenvalue weighted by molar-refractivity contribution is 6.46. The molecule has 1 heterocycles. The van der Waals surface area contributed by atoms with Crippen LogP contribution in [0.4, 0.5) is 11.4 Å². The molecule has 3 aromatic rings. The molecule has 0 fully saturated rings. The zero-order valence-electron chi connectivity index (χ0n) is 19.6. The number of nitrogens with zero attached hydrogens (tertiary/aromatic N) is 1. The van der Waals surface area contributed by atoms with Crippen molar-refractivity contribution in [3.8, 4) is 5.75 Å². The Bertz CT molecular complexity index is 1260. The van der Waals surface area contributed by atoms with Crippen LogP contribution in [0.1, 0.15) is 36.1 Å². The average Bonchev–Trinajstić information content (AvgIpc) is 3.00. The molecule has 168 valence electrons. The summed E-state index contributed by atoms with van der Waals surface area (Å²) >= 11 is 0. The first kappa shape index (κ1) is 22.3. The molecule has 0 bridgehead atoms. The number of anilines is 2. The average molecular weight is 441 g/mol. The summed E-state index contributed by atoms with van der Waals surface area (Å²) in [7, 11) is 0. The highest BCUT2D eigenvalue weighted by atomic mass is 16.5. The van der Waals surface area contributed by atoms with Crippen LogP contribution in [0.25, 0.3) is 5.57 Å². The van der Waals surface area contributed by atoms with Crippen molar-refractivity contribution in [3.05, 3.63) is 94.7 Å². The van der Waals surface area contributed by atoms with Crippen LogP contribution in [0.2, 0.25) is 0 Å². The third-order valence-corrected chi connectivity index (χ3v) is 5.63. The summed E-state index contributed by atoms with van der Waals surface area (Å²) in [6.45, 7) is 9.91. The molecular formula is C28H28N2O3. The Morgan fingerprint density at radius 3 is 2.18 bits per heavy atom. The number of rotatable bonds is 6. The number of nitrogens with one attached hydrogen (secondary N) is 1. The van der Waals surface area contributed by atoms with Gasteiger partial charge in [0.05, 0.1) is 17.4 Å². The number of carbonyl (C=O) groups excluding carboxylic acids is 2. The number of hydrogen-bond donors (Lipinski definition) is 1. The molecule has 0 radical (unpaired) electrons. The van der Waals surface area contributed by atoms with Crippen LogP contribution in [0, 0.1) is 20.8 Å². The fraction of sp³-hybridized carbons (Fsp3) is 0.214. The molecule has 0 unspecified atom stereocenters. The van der Waals surface area contributed by atoms with Gasteiger partial charge in [-0.05, 0) is 93.3 Å². The van der Waals surface area contributed by atoms with Gasteiger partial charge < -0.3 is 10.1 Å². The summed E-state index contributed by atoms with van der Waals surface area (Å²) in [5, 5.41) is 3.24. The third kappa shape index (κ3) is 4.53. The molecule has 4 rings (SSSR count). The predicted molar refractivity (Wildman–Crippen MR) is 132 cm³/mol. The molecule has 0 aliphatic carbocycles. The van der Waals surface area contributed by atoms with Crippen LogP contribution in [-0.2, 0) is 9.59 Å². The number of imide groups is 1. The SMILES string of the molecule is Cc1cccc(N2C(=O)C(Nc3ccc(C)c(C)c3)=C(c3ccc(OC(C)C)cc3)C2=O)c1. The first-order valence-corrected chi connectivity index (χ1v) is 11.1. The van der Waals surface area contributed by atoms with Gasteiger partial charge in [-0.15, -0.1) is 0 Å². The van der Waals surface area contributed by atoms with E-state index >= 15 is 0 Å². The van der Waals surface area contributed by atoms with Gasteiger partial charge in [0.25, 0.3) is 11.8 Å². The van der Waals surface area contributed by atoms with E-state index in [9.17, 15) is 9.59 Å². The number of ether oxygens (including phenoxy) is 1. The molecule has 0 saturated carbocycles. The van der Waals surface area contributed by atoms with Crippen molar-refractivity contribution < 1.29 is 14.3 Å². The monoisotopic (exact) mass is 440 g/mol. The number of hydrogen-bond acceptors (Lipinski definition) is 4. The number of amides is 2. The smallest absolute Gasteiger partial charge is 0.282 e. The molecule has 33 heavy (non-hydrogen) atoms. The molecule has 0 saturated heterocycles. The molecular weight excluding hydrogens is 412 g/mol. The molecule has 3 aromatic carbocycles. The standard InChI is InChI=1S/C28H28N2O3/c1-17(2)33-24-13-10-21(11-14-24)25-26(29-22-12-9-19(4)20(5)16-22)28(32)30(27(25)31)23-8-6-7-18(3)15-23/h6-17,29H,1-5H3. The molecule has 1 aliphatic rings. The Kier molecular flexibility index (Phi) is 6.05. The highest BCUT2D eigenvalue weighted by Gasteiger charge is 2.40. The fourth-order valence-corrected chi connectivity index (χ4v) is 3.85. The Morgan fingerprint density at radius 2 is 1.55 bits per heavy atom. The van der Waals surface area contributed by atoms with Crippen molar-refractivity contribution in [1.82, 2.24) is 0 Å². The van der Waals surface area contributed by atoms with E-state index in [1.807, 2.05) is 95.3 Å². The number of carbonyl (C=O) groups is 2. The minimum absolute atomic E-state index is 0.0450. The van der Waals surface area contributed by atoms with Gasteiger partial charge in [-0.3, -0.25) is 9.59 Å². The quantitative estimate of drug-likeness (QED) is 0.493. The van der Waals surface area contributed by atoms with E-state index < -0.39 is 0 Å². The lowest BCUT2D eigenvalue weighted by Crippen LogP contribution is -2.32. The van der Waals surface area contributed by atoms with E-state index in [1.54, 1.807) is 6.07 Å². The maximum absolute atomic E-state index is 13.6. The van der Waals surface area contributed by atoms with Gasteiger partial charge in [0.15, 0.2) is 0 Å². The maximum atomic E-state index is 13.6. The summed E-state index contributed by atoms with van der Waals surface area (Å²) in [6.07, 6.45) is 0.0450. The normalized spacial score (nSPS) is 13.8. The summed E-state index contributed by atoms with van der Waals surface area (Å²) < 4.78 is 5.74. The molecule has 5 heteroatoms. The molecule has 1 aliphatic heterocycles. The first-order valence-electron chi connectivity index (χ1n) is 11.1. The van der Waals surface area contributed by atoms with Gasteiger partial charge in [-0.25, -0.2) is 4.90 Å². The van der Waals surface area contributed by atoms with Crippen LogP contribution in [0.15, 0.2) is 72.4 Å². The zero-order valence-corrected chi connectivity index (χ0v) is 19.6. The van der Waals surface area contributed by atoms with E-state index in [0.717, 1.165) is 22.4 Å². The van der Waals surface area contributed by atoms with E-state index in [1.165, 1.54) is 4.90 Å². The molecule has 0 atom stereocenters. The number of aryl methyl sites for hydroxylation is 3. The predicted octanol–water partition coefficient (Wildman–Crippen LogP) is 5.80. The summed E-state index contributed by atoms with van der Waals surface area (Å²) in [5.74, 6) is -0.0128. The van der Waals surface area contributed by atoms with Crippen LogP contribution >= 0.6 is 0 Å². The van der Waals surface area contributed by atoms with Gasteiger partial charge in [0.2, 0.25) is 0 Å². The largest absolute Gasteiger partial charge is 0.491 e. The van der Waals surface area contributed by atoms with Crippen LogP contribution in [0.5, 0.6) is 5.75 Å². The van der Waals surface area contributed by atoms with E-state index in [2.05, 4.69) is 5.32 Å². The highest BCUT2D eigenvalue weighted by Crippen LogP contribution is 2.35. The lowest BCUT2D eigenvalue weighted by molar-refractivity contribution is -0.120. The van der Waals surface area contributed by atoms with Gasteiger partial charge in [-0.2, -0.15) is 0 Å². The fourth-order valence-electron chi connectivity index (χ4n) is 3.85. The lowest BCUT2D eigenvalue weighted by Gasteiger charge is -2.16. The van der Waals surface area contributed by atoms with Crippen LogP contribution < -0.4 is 15.0 Å². The maximum Gasteiger partial charge on any atom is 0.282 e. The van der Waals surface area contributed by atoms with Crippen molar-refractivity contribution in [3.63, 3.8) is 0 Å². The van der Waals surface area contributed by atoms with Crippen LogP contribution in [-0.4, -0.2) is 17.9 Å². The summed E-state index contributed by atoms with van der Waals surface area (Å²) in [6, 6.07) is 20.6.